The third-order valence-corrected chi connectivity index (χ3v) is 7.03. The van der Waals surface area contributed by atoms with E-state index in [1.165, 1.54) is 51.4 Å². The summed E-state index contributed by atoms with van der Waals surface area (Å²) < 4.78 is 0. The molecule has 0 aromatic carbocycles. The first-order valence-corrected chi connectivity index (χ1v) is 11.4. The summed E-state index contributed by atoms with van der Waals surface area (Å²) in [5.74, 6) is 1.86. The van der Waals surface area contributed by atoms with E-state index in [9.17, 15) is 0 Å². The van der Waals surface area contributed by atoms with Gasteiger partial charge < -0.3 is 15.6 Å². The normalized spacial score (nSPS) is 25.9. The Balaban J connectivity index is 0.000000204. The van der Waals surface area contributed by atoms with E-state index in [-0.39, 0.29) is 0 Å². The van der Waals surface area contributed by atoms with Crippen LogP contribution in [0.4, 0.5) is 5.82 Å². The summed E-state index contributed by atoms with van der Waals surface area (Å²) in [6.07, 6.45) is 14.2. The number of nitrogens with zero attached hydrogens (tertiary/aromatic N) is 3. The Bertz CT molecular complexity index is 778. The maximum atomic E-state index is 5.62. The van der Waals surface area contributed by atoms with Crippen molar-refractivity contribution >= 4 is 16.9 Å². The molecule has 2 atom stereocenters. The van der Waals surface area contributed by atoms with Crippen LogP contribution in [0.15, 0.2) is 18.6 Å². The molecule has 0 amide bonds. The van der Waals surface area contributed by atoms with Crippen molar-refractivity contribution in [3.63, 3.8) is 0 Å². The second-order valence-electron chi connectivity index (χ2n) is 10.8. The fraction of sp³-hybridized carbons (Fsp3) is 0.750. The van der Waals surface area contributed by atoms with E-state index in [0.717, 1.165) is 29.3 Å². The number of rotatable bonds is 3. The van der Waals surface area contributed by atoms with Crippen molar-refractivity contribution < 1.29 is 0 Å². The lowest BCUT2D eigenvalue weighted by atomic mass is 9.72. The van der Waals surface area contributed by atoms with Crippen LogP contribution < -0.4 is 10.6 Å². The van der Waals surface area contributed by atoms with Crippen LogP contribution in [-0.2, 0) is 0 Å². The molecular weight excluding hydrogens is 358 g/mol. The zero-order valence-corrected chi connectivity index (χ0v) is 19.2. The maximum Gasteiger partial charge on any atom is 0.142 e. The van der Waals surface area contributed by atoms with Gasteiger partial charge >= 0.3 is 0 Å². The van der Waals surface area contributed by atoms with Gasteiger partial charge in [-0.1, -0.05) is 40.5 Å². The standard InChI is InChI=1S/C15H22N4.C9H19N/c1-15(2)7-4-5-11(9-15)19(3)14-12-6-8-16-13(12)17-10-18-14;1-9(2)5-3-4-8(6-9)7-10/h6,8,10-11H,4-5,7,9H2,1-3H3,(H,16,17,18);8H,3-7,10H2,1-2H3. The molecule has 5 nitrogen and oxygen atoms in total. The molecule has 2 aliphatic carbocycles. The maximum absolute atomic E-state index is 5.62. The molecule has 0 bridgehead atoms. The van der Waals surface area contributed by atoms with E-state index in [4.69, 9.17) is 5.73 Å². The van der Waals surface area contributed by atoms with Crippen molar-refractivity contribution in [2.75, 3.05) is 18.5 Å². The van der Waals surface area contributed by atoms with Crippen molar-refractivity contribution in [2.45, 2.75) is 85.1 Å². The van der Waals surface area contributed by atoms with Crippen molar-refractivity contribution in [2.24, 2.45) is 22.5 Å². The number of anilines is 1. The monoisotopic (exact) mass is 399 g/mol. The molecule has 2 aliphatic rings. The summed E-state index contributed by atoms with van der Waals surface area (Å²) in [4.78, 5) is 14.3. The fourth-order valence-corrected chi connectivity index (χ4v) is 5.36. The first-order valence-electron chi connectivity index (χ1n) is 11.4. The molecule has 2 aromatic rings. The van der Waals surface area contributed by atoms with Crippen LogP contribution in [-0.4, -0.2) is 34.6 Å². The molecule has 2 unspecified atom stereocenters. The lowest BCUT2D eigenvalue weighted by molar-refractivity contribution is 0.184. The summed E-state index contributed by atoms with van der Waals surface area (Å²) >= 11 is 0. The van der Waals surface area contributed by atoms with Gasteiger partial charge in [-0.15, -0.1) is 0 Å². The second kappa shape index (κ2) is 9.03. The van der Waals surface area contributed by atoms with Crippen LogP contribution in [0.3, 0.4) is 0 Å². The average molecular weight is 400 g/mol. The number of nitrogens with two attached hydrogens (primary N) is 1. The third-order valence-electron chi connectivity index (χ3n) is 7.03. The Morgan fingerprint density at radius 2 is 1.76 bits per heavy atom. The van der Waals surface area contributed by atoms with E-state index >= 15 is 0 Å². The van der Waals surface area contributed by atoms with Gasteiger partial charge in [-0.3, -0.25) is 0 Å². The fourth-order valence-electron chi connectivity index (χ4n) is 5.36. The van der Waals surface area contributed by atoms with Gasteiger partial charge in [0.15, 0.2) is 0 Å². The van der Waals surface area contributed by atoms with Gasteiger partial charge in [0.2, 0.25) is 0 Å². The molecule has 0 radical (unpaired) electrons. The number of aromatic nitrogens is 3. The number of aromatic amines is 1. The van der Waals surface area contributed by atoms with E-state index in [2.05, 4.69) is 60.7 Å². The molecule has 2 heterocycles. The quantitative estimate of drug-likeness (QED) is 0.712. The minimum absolute atomic E-state index is 0.446. The van der Waals surface area contributed by atoms with Crippen molar-refractivity contribution in [1.82, 2.24) is 15.0 Å². The van der Waals surface area contributed by atoms with Gasteiger partial charge in [0.25, 0.3) is 0 Å². The minimum Gasteiger partial charge on any atom is -0.356 e. The minimum atomic E-state index is 0.446. The number of nitrogens with one attached hydrogen (secondary N) is 1. The van der Waals surface area contributed by atoms with Crippen LogP contribution >= 0.6 is 0 Å². The number of hydrogen-bond acceptors (Lipinski definition) is 4. The Labute approximate surface area is 176 Å². The Hall–Kier alpha value is -1.62. The third kappa shape index (κ3) is 5.71. The largest absolute Gasteiger partial charge is 0.356 e. The van der Waals surface area contributed by atoms with Gasteiger partial charge in [0, 0.05) is 19.3 Å². The molecule has 2 aromatic heterocycles. The SMILES string of the molecule is CC1(C)CCCC(CN)C1.CN(c1ncnc2[nH]ccc12)C1CCCC(C)(C)C1. The molecule has 0 spiro atoms. The summed E-state index contributed by atoms with van der Waals surface area (Å²) in [6, 6.07) is 2.64. The van der Waals surface area contributed by atoms with E-state index < -0.39 is 0 Å². The lowest BCUT2D eigenvalue weighted by Gasteiger charge is -2.40. The smallest absolute Gasteiger partial charge is 0.142 e. The Morgan fingerprint density at radius 1 is 1.07 bits per heavy atom. The van der Waals surface area contributed by atoms with Gasteiger partial charge in [0.1, 0.15) is 17.8 Å². The summed E-state index contributed by atoms with van der Waals surface area (Å²) in [7, 11) is 2.17. The van der Waals surface area contributed by atoms with Crippen LogP contribution in [0.5, 0.6) is 0 Å². The highest BCUT2D eigenvalue weighted by molar-refractivity contribution is 5.87. The van der Waals surface area contributed by atoms with Crippen LogP contribution in [0.1, 0.15) is 79.1 Å². The highest BCUT2D eigenvalue weighted by Crippen LogP contribution is 2.39. The molecule has 0 saturated heterocycles. The zero-order valence-electron chi connectivity index (χ0n) is 19.2. The van der Waals surface area contributed by atoms with Gasteiger partial charge in [-0.25, -0.2) is 9.97 Å². The van der Waals surface area contributed by atoms with Gasteiger partial charge in [-0.05, 0) is 67.9 Å². The average Bonchev–Trinajstić information content (AvgIpc) is 3.15. The molecule has 2 saturated carbocycles. The molecule has 0 aliphatic heterocycles. The molecule has 162 valence electrons. The predicted octanol–water partition coefficient (Wildman–Crippen LogP) is 5.52. The molecule has 4 rings (SSSR count). The topological polar surface area (TPSA) is 70.8 Å². The predicted molar refractivity (Wildman–Crippen MR) is 123 cm³/mol. The summed E-state index contributed by atoms with van der Waals surface area (Å²) in [6.45, 7) is 10.4. The van der Waals surface area contributed by atoms with E-state index in [0.29, 0.717) is 16.9 Å². The van der Waals surface area contributed by atoms with Crippen LogP contribution in [0, 0.1) is 16.7 Å². The number of fused-ring (bicyclic) bond motifs is 1. The van der Waals surface area contributed by atoms with E-state index in [1.807, 2.05) is 6.20 Å². The van der Waals surface area contributed by atoms with Gasteiger partial charge in [0.05, 0.1) is 5.39 Å². The summed E-state index contributed by atoms with van der Waals surface area (Å²) in [5.41, 5.74) is 7.57. The molecule has 2 fully saturated rings. The lowest BCUT2D eigenvalue weighted by Crippen LogP contribution is -2.39. The molecule has 3 N–H and O–H groups in total. The molecular formula is C24H41N5. The van der Waals surface area contributed by atoms with Gasteiger partial charge in [-0.2, -0.15) is 0 Å². The van der Waals surface area contributed by atoms with Crippen molar-refractivity contribution in [3.05, 3.63) is 18.6 Å². The zero-order chi connectivity index (χ0) is 21.1. The van der Waals surface area contributed by atoms with E-state index in [1.54, 1.807) is 6.33 Å². The van der Waals surface area contributed by atoms with Crippen LogP contribution in [0.25, 0.3) is 11.0 Å². The first-order chi connectivity index (χ1) is 13.7. The van der Waals surface area contributed by atoms with Crippen LogP contribution in [0.2, 0.25) is 0 Å². The Kier molecular flexibility index (Phi) is 6.87. The second-order valence-corrected chi connectivity index (χ2v) is 10.8. The molecule has 5 heteroatoms. The number of H-pyrrole nitrogens is 1. The molecule has 29 heavy (non-hydrogen) atoms. The highest BCUT2D eigenvalue weighted by Gasteiger charge is 2.31. The van der Waals surface area contributed by atoms with Crippen molar-refractivity contribution in [3.8, 4) is 0 Å². The number of hydrogen-bond donors (Lipinski definition) is 2. The summed E-state index contributed by atoms with van der Waals surface area (Å²) in [5, 5.41) is 1.12. The van der Waals surface area contributed by atoms with Crippen molar-refractivity contribution in [1.29, 1.82) is 0 Å². The first kappa shape index (κ1) is 22.1. The Morgan fingerprint density at radius 3 is 2.38 bits per heavy atom. The highest BCUT2D eigenvalue weighted by atomic mass is 15.2.